The molecule has 3 N–H and O–H groups in total. The van der Waals surface area contributed by atoms with Gasteiger partial charge in [0.25, 0.3) is 0 Å². The van der Waals surface area contributed by atoms with Gasteiger partial charge in [-0.25, -0.2) is 4.39 Å². The number of halogens is 1. The first-order valence-electron chi connectivity index (χ1n) is 13.5. The van der Waals surface area contributed by atoms with Crippen LogP contribution < -0.4 is 16.0 Å². The number of benzene rings is 2. The second-order valence-corrected chi connectivity index (χ2v) is 11.0. The molecule has 41 heavy (non-hydrogen) atoms. The zero-order valence-corrected chi connectivity index (χ0v) is 23.4. The van der Waals surface area contributed by atoms with Crippen molar-refractivity contribution in [3.63, 3.8) is 0 Å². The highest BCUT2D eigenvalue weighted by molar-refractivity contribution is 5.96. The van der Waals surface area contributed by atoms with Gasteiger partial charge in [0, 0.05) is 25.0 Å². The number of aldehydes is 1. The Morgan fingerprint density at radius 1 is 1.07 bits per heavy atom. The summed E-state index contributed by atoms with van der Waals surface area (Å²) in [5.41, 5.74) is 0.452. The van der Waals surface area contributed by atoms with Crippen molar-refractivity contribution in [2.75, 3.05) is 6.54 Å². The van der Waals surface area contributed by atoms with Crippen LogP contribution in [-0.2, 0) is 35.1 Å². The van der Waals surface area contributed by atoms with Gasteiger partial charge in [0.2, 0.25) is 17.7 Å². The van der Waals surface area contributed by atoms with Crippen molar-refractivity contribution < 1.29 is 33.1 Å². The lowest BCUT2D eigenvalue weighted by Crippen LogP contribution is -2.55. The summed E-state index contributed by atoms with van der Waals surface area (Å²) in [6, 6.07) is 12.5. The molecule has 0 saturated carbocycles. The van der Waals surface area contributed by atoms with E-state index in [2.05, 4.69) is 16.0 Å². The third-order valence-electron chi connectivity index (χ3n) is 6.63. The van der Waals surface area contributed by atoms with Gasteiger partial charge in [-0.15, -0.1) is 0 Å². The summed E-state index contributed by atoms with van der Waals surface area (Å²) < 4.78 is 19.0. The molecule has 0 spiro atoms. The highest BCUT2D eigenvalue weighted by Crippen LogP contribution is 2.22. The molecule has 218 valence electrons. The second-order valence-electron chi connectivity index (χ2n) is 11.0. The fourth-order valence-electron chi connectivity index (χ4n) is 4.26. The van der Waals surface area contributed by atoms with E-state index in [4.69, 9.17) is 4.74 Å². The number of carbonyl (C=O) groups excluding carboxylic acids is 5. The van der Waals surface area contributed by atoms with Crippen molar-refractivity contribution in [3.05, 3.63) is 77.6 Å². The molecule has 9 nitrogen and oxygen atoms in total. The molecule has 1 fully saturated rings. The van der Waals surface area contributed by atoms with Crippen molar-refractivity contribution in [1.29, 1.82) is 0 Å². The Morgan fingerprint density at radius 3 is 2.34 bits per heavy atom. The Hall–Kier alpha value is -4.34. The van der Waals surface area contributed by atoms with Gasteiger partial charge in [-0.1, -0.05) is 42.5 Å². The molecule has 10 heteroatoms. The third-order valence-corrected chi connectivity index (χ3v) is 6.63. The van der Waals surface area contributed by atoms with Crippen LogP contribution in [0, 0.1) is 17.2 Å². The van der Waals surface area contributed by atoms with E-state index in [1.807, 2.05) is 30.3 Å². The standard InChI is InChI=1S/C31H36FN3O6/c1-31(2,3)30(40)41-26(19-36)24(18-22-15-16-33-28(22)38)35-29(39)25(17-21-9-12-23(32)13-10-21)34-27(37)14-11-20-7-5-4-6-8-20/h4-14,19,22,24-26H,15-18H2,1-3H3,(H,33,38)(H,34,37)(H,35,39)/b14-11+/t22-,24-,25-,26-/m0/s1. The quantitative estimate of drug-likeness (QED) is 0.206. The van der Waals surface area contributed by atoms with E-state index >= 15 is 0 Å². The first-order chi connectivity index (χ1) is 19.5. The molecule has 2 aromatic carbocycles. The summed E-state index contributed by atoms with van der Waals surface area (Å²) in [4.78, 5) is 63.4. The summed E-state index contributed by atoms with van der Waals surface area (Å²) in [7, 11) is 0. The predicted octanol–water partition coefficient (Wildman–Crippen LogP) is 2.73. The molecule has 3 rings (SSSR count). The first-order valence-corrected chi connectivity index (χ1v) is 13.5. The van der Waals surface area contributed by atoms with Crippen molar-refractivity contribution in [3.8, 4) is 0 Å². The molecular weight excluding hydrogens is 529 g/mol. The molecule has 4 atom stereocenters. The molecule has 0 bridgehead atoms. The van der Waals surface area contributed by atoms with Gasteiger partial charge in [-0.05, 0) is 62.9 Å². The predicted molar refractivity (Wildman–Crippen MR) is 151 cm³/mol. The highest BCUT2D eigenvalue weighted by Gasteiger charge is 2.37. The number of esters is 1. The Bertz CT molecular complexity index is 1260. The molecule has 2 aromatic rings. The van der Waals surface area contributed by atoms with Crippen LogP contribution in [0.1, 0.15) is 44.7 Å². The van der Waals surface area contributed by atoms with Crippen molar-refractivity contribution in [1.82, 2.24) is 16.0 Å². The highest BCUT2D eigenvalue weighted by atomic mass is 19.1. The van der Waals surface area contributed by atoms with Gasteiger partial charge in [-0.2, -0.15) is 0 Å². The molecule has 0 aromatic heterocycles. The normalized spacial score (nSPS) is 17.3. The molecule has 1 saturated heterocycles. The zero-order valence-electron chi connectivity index (χ0n) is 23.4. The fraction of sp³-hybridized carbons (Fsp3) is 0.387. The molecule has 3 amide bonds. The van der Waals surface area contributed by atoms with Crippen LogP contribution in [0.5, 0.6) is 0 Å². The summed E-state index contributed by atoms with van der Waals surface area (Å²) in [5.74, 6) is -3.03. The van der Waals surface area contributed by atoms with E-state index < -0.39 is 53.1 Å². The number of hydrogen-bond donors (Lipinski definition) is 3. The first kappa shape index (κ1) is 31.2. The molecule has 0 radical (unpaired) electrons. The van der Waals surface area contributed by atoms with Gasteiger partial charge >= 0.3 is 5.97 Å². The van der Waals surface area contributed by atoms with Gasteiger partial charge in [-0.3, -0.25) is 24.0 Å². The summed E-state index contributed by atoms with van der Waals surface area (Å²) in [5, 5.41) is 8.14. The fourth-order valence-corrected chi connectivity index (χ4v) is 4.26. The molecule has 0 aliphatic carbocycles. The van der Waals surface area contributed by atoms with E-state index in [0.29, 0.717) is 24.8 Å². The molecule has 1 aliphatic heterocycles. The van der Waals surface area contributed by atoms with Crippen LogP contribution in [-0.4, -0.2) is 54.7 Å². The van der Waals surface area contributed by atoms with Crippen molar-refractivity contribution >= 4 is 36.1 Å². The summed E-state index contributed by atoms with van der Waals surface area (Å²) >= 11 is 0. The van der Waals surface area contributed by atoms with E-state index in [0.717, 1.165) is 5.56 Å². The maximum absolute atomic E-state index is 13.6. The largest absolute Gasteiger partial charge is 0.452 e. The number of rotatable bonds is 12. The number of nitrogens with one attached hydrogen (secondary N) is 3. The van der Waals surface area contributed by atoms with E-state index in [1.165, 1.54) is 30.3 Å². The Morgan fingerprint density at radius 2 is 1.76 bits per heavy atom. The van der Waals surface area contributed by atoms with Crippen LogP contribution in [0.4, 0.5) is 4.39 Å². The van der Waals surface area contributed by atoms with Gasteiger partial charge < -0.3 is 20.7 Å². The minimum atomic E-state index is -1.36. The number of ether oxygens (including phenoxy) is 1. The molecule has 1 heterocycles. The Labute approximate surface area is 238 Å². The van der Waals surface area contributed by atoms with Crippen LogP contribution >= 0.6 is 0 Å². The van der Waals surface area contributed by atoms with E-state index in [-0.39, 0.29) is 18.7 Å². The van der Waals surface area contributed by atoms with Crippen LogP contribution in [0.2, 0.25) is 0 Å². The Balaban J connectivity index is 1.84. The van der Waals surface area contributed by atoms with Crippen molar-refractivity contribution in [2.24, 2.45) is 11.3 Å². The number of hydrogen-bond acceptors (Lipinski definition) is 6. The third kappa shape index (κ3) is 9.66. The van der Waals surface area contributed by atoms with Crippen molar-refractivity contribution in [2.45, 2.75) is 58.2 Å². The maximum Gasteiger partial charge on any atom is 0.312 e. The maximum atomic E-state index is 13.6. The molecular formula is C31H36FN3O6. The zero-order chi connectivity index (χ0) is 30.0. The minimum absolute atomic E-state index is 0.0151. The van der Waals surface area contributed by atoms with E-state index in [9.17, 15) is 28.4 Å². The van der Waals surface area contributed by atoms with Gasteiger partial charge in [0.1, 0.15) is 11.9 Å². The molecule has 0 unspecified atom stereocenters. The average molecular weight is 566 g/mol. The number of carbonyl (C=O) groups is 5. The SMILES string of the molecule is CC(C)(C)C(=O)O[C@@H](C=O)[C@H](C[C@@H]1CCNC1=O)NC(=O)[C@H](Cc1ccc(F)cc1)NC(=O)/C=C/c1ccccc1. The van der Waals surface area contributed by atoms with Gasteiger partial charge in [0.15, 0.2) is 12.4 Å². The average Bonchev–Trinajstić information content (AvgIpc) is 3.34. The van der Waals surface area contributed by atoms with E-state index in [1.54, 1.807) is 26.8 Å². The lowest BCUT2D eigenvalue weighted by Gasteiger charge is -2.29. The summed E-state index contributed by atoms with van der Waals surface area (Å²) in [6.07, 6.45) is 2.50. The second kappa shape index (κ2) is 14.3. The summed E-state index contributed by atoms with van der Waals surface area (Å²) in [6.45, 7) is 5.35. The molecule has 1 aliphatic rings. The Kier molecular flexibility index (Phi) is 10.9. The van der Waals surface area contributed by atoms with Crippen LogP contribution in [0.25, 0.3) is 6.08 Å². The number of amides is 3. The lowest BCUT2D eigenvalue weighted by atomic mass is 9.93. The van der Waals surface area contributed by atoms with Crippen LogP contribution in [0.3, 0.4) is 0 Å². The lowest BCUT2D eigenvalue weighted by molar-refractivity contribution is -0.162. The smallest absolute Gasteiger partial charge is 0.312 e. The van der Waals surface area contributed by atoms with Crippen LogP contribution in [0.15, 0.2) is 60.7 Å². The topological polar surface area (TPSA) is 131 Å². The minimum Gasteiger partial charge on any atom is -0.452 e. The van der Waals surface area contributed by atoms with Gasteiger partial charge in [0.05, 0.1) is 11.5 Å². The monoisotopic (exact) mass is 565 g/mol.